The van der Waals surface area contributed by atoms with Crippen LogP contribution in [0.2, 0.25) is 0 Å². The highest BCUT2D eigenvalue weighted by Gasteiger charge is 2.19. The van der Waals surface area contributed by atoms with Crippen LogP contribution in [0.25, 0.3) is 11.3 Å². The number of rotatable bonds is 4. The van der Waals surface area contributed by atoms with Crippen molar-refractivity contribution >= 4 is 0 Å². The van der Waals surface area contributed by atoms with E-state index in [9.17, 15) is 5.11 Å². The summed E-state index contributed by atoms with van der Waals surface area (Å²) < 4.78 is 11.0. The Balaban J connectivity index is 1.79. The van der Waals surface area contributed by atoms with Crippen LogP contribution in [0.5, 0.6) is 11.5 Å². The SMILES string of the molecule is CC(C)(C)c1cc(OCc2conc2-c2ccccc2)ccc1O. The van der Waals surface area contributed by atoms with E-state index in [4.69, 9.17) is 9.26 Å². The summed E-state index contributed by atoms with van der Waals surface area (Å²) in [6, 6.07) is 15.2. The first-order chi connectivity index (χ1) is 11.4. The Labute approximate surface area is 141 Å². The summed E-state index contributed by atoms with van der Waals surface area (Å²) in [5.74, 6) is 0.989. The second-order valence-corrected chi connectivity index (χ2v) is 6.77. The molecule has 1 aromatic heterocycles. The molecule has 24 heavy (non-hydrogen) atoms. The molecule has 0 fully saturated rings. The molecule has 0 unspecified atom stereocenters. The summed E-state index contributed by atoms with van der Waals surface area (Å²) in [4.78, 5) is 0. The maximum Gasteiger partial charge on any atom is 0.131 e. The van der Waals surface area contributed by atoms with Gasteiger partial charge < -0.3 is 14.4 Å². The molecule has 124 valence electrons. The molecule has 3 aromatic rings. The van der Waals surface area contributed by atoms with Gasteiger partial charge >= 0.3 is 0 Å². The quantitative estimate of drug-likeness (QED) is 0.740. The van der Waals surface area contributed by atoms with Crippen molar-refractivity contribution in [2.75, 3.05) is 0 Å². The zero-order valence-electron chi connectivity index (χ0n) is 14.1. The van der Waals surface area contributed by atoms with Crippen molar-refractivity contribution in [3.63, 3.8) is 0 Å². The van der Waals surface area contributed by atoms with Gasteiger partial charge in [-0.3, -0.25) is 0 Å². The lowest BCUT2D eigenvalue weighted by Crippen LogP contribution is -2.11. The predicted molar refractivity (Wildman–Crippen MR) is 93.1 cm³/mol. The lowest BCUT2D eigenvalue weighted by atomic mass is 9.86. The number of hydrogen-bond acceptors (Lipinski definition) is 4. The van der Waals surface area contributed by atoms with Crippen LogP contribution >= 0.6 is 0 Å². The van der Waals surface area contributed by atoms with Crippen molar-refractivity contribution in [2.24, 2.45) is 0 Å². The molecule has 4 heteroatoms. The Kier molecular flexibility index (Phi) is 4.30. The second-order valence-electron chi connectivity index (χ2n) is 6.77. The van der Waals surface area contributed by atoms with E-state index in [-0.39, 0.29) is 11.2 Å². The van der Waals surface area contributed by atoms with Crippen LogP contribution in [-0.2, 0) is 12.0 Å². The molecule has 0 aliphatic heterocycles. The van der Waals surface area contributed by atoms with Gasteiger partial charge in [0.1, 0.15) is 30.1 Å². The van der Waals surface area contributed by atoms with Gasteiger partial charge in [-0.2, -0.15) is 0 Å². The molecule has 0 spiro atoms. The first kappa shape index (κ1) is 16.1. The van der Waals surface area contributed by atoms with E-state index >= 15 is 0 Å². The molecule has 1 heterocycles. The number of phenolic OH excluding ortho intramolecular Hbond substituents is 1. The Morgan fingerprint density at radius 2 is 1.83 bits per heavy atom. The topological polar surface area (TPSA) is 55.5 Å². The molecule has 0 saturated carbocycles. The van der Waals surface area contributed by atoms with Crippen molar-refractivity contribution in [3.8, 4) is 22.8 Å². The number of phenols is 1. The molecule has 0 bridgehead atoms. The van der Waals surface area contributed by atoms with Gasteiger partial charge in [0.2, 0.25) is 0 Å². The average molecular weight is 323 g/mol. The lowest BCUT2D eigenvalue weighted by Gasteiger charge is -2.21. The maximum atomic E-state index is 10.0. The largest absolute Gasteiger partial charge is 0.508 e. The number of hydrogen-bond donors (Lipinski definition) is 1. The fourth-order valence-corrected chi connectivity index (χ4v) is 2.56. The molecular formula is C20H21NO3. The first-order valence-corrected chi connectivity index (χ1v) is 7.90. The average Bonchev–Trinajstić information content (AvgIpc) is 3.02. The van der Waals surface area contributed by atoms with Gasteiger partial charge in [0.05, 0.1) is 5.56 Å². The zero-order chi connectivity index (χ0) is 17.2. The van der Waals surface area contributed by atoms with Crippen molar-refractivity contribution in [1.29, 1.82) is 0 Å². The van der Waals surface area contributed by atoms with Crippen LogP contribution < -0.4 is 4.74 Å². The number of nitrogens with zero attached hydrogens (tertiary/aromatic N) is 1. The fourth-order valence-electron chi connectivity index (χ4n) is 2.56. The molecule has 0 aliphatic carbocycles. The highest BCUT2D eigenvalue weighted by atomic mass is 16.5. The molecule has 2 aromatic carbocycles. The van der Waals surface area contributed by atoms with Gasteiger partial charge in [0.15, 0.2) is 0 Å². The molecule has 4 nitrogen and oxygen atoms in total. The molecule has 0 aliphatic rings. The van der Waals surface area contributed by atoms with Crippen LogP contribution in [0.15, 0.2) is 59.3 Å². The van der Waals surface area contributed by atoms with Crippen molar-refractivity contribution in [3.05, 3.63) is 65.9 Å². The summed E-state index contributed by atoms with van der Waals surface area (Å²) in [6.45, 7) is 6.51. The molecule has 0 saturated heterocycles. The van der Waals surface area contributed by atoms with Crippen molar-refractivity contribution < 1.29 is 14.4 Å². The number of aromatic nitrogens is 1. The second kappa shape index (κ2) is 6.40. The number of aromatic hydroxyl groups is 1. The van der Waals surface area contributed by atoms with Crippen LogP contribution in [0.1, 0.15) is 31.9 Å². The van der Waals surface area contributed by atoms with Gasteiger partial charge in [0.25, 0.3) is 0 Å². The van der Waals surface area contributed by atoms with Gasteiger partial charge in [-0.05, 0) is 23.6 Å². The summed E-state index contributed by atoms with van der Waals surface area (Å²) in [5, 5.41) is 14.1. The van der Waals surface area contributed by atoms with Gasteiger partial charge in [-0.1, -0.05) is 56.3 Å². The van der Waals surface area contributed by atoms with Crippen LogP contribution in [0.4, 0.5) is 0 Å². The van der Waals surface area contributed by atoms with E-state index in [0.29, 0.717) is 12.4 Å². The van der Waals surface area contributed by atoms with Gasteiger partial charge in [0, 0.05) is 11.1 Å². The zero-order valence-corrected chi connectivity index (χ0v) is 14.1. The smallest absolute Gasteiger partial charge is 0.131 e. The van der Waals surface area contributed by atoms with Crippen molar-refractivity contribution in [1.82, 2.24) is 5.16 Å². The third-order valence-electron chi connectivity index (χ3n) is 3.86. The normalized spacial score (nSPS) is 11.5. The molecule has 0 atom stereocenters. The standard InChI is InChI=1S/C20H21NO3/c1-20(2,3)17-11-16(9-10-18(17)22)23-12-15-13-24-21-19(15)14-7-5-4-6-8-14/h4-11,13,22H,12H2,1-3H3. The fraction of sp³-hybridized carbons (Fsp3) is 0.250. The van der Waals surface area contributed by atoms with Gasteiger partial charge in [-0.25, -0.2) is 0 Å². The molecule has 0 amide bonds. The summed E-state index contributed by atoms with van der Waals surface area (Å²) >= 11 is 0. The molecule has 1 N–H and O–H groups in total. The van der Waals surface area contributed by atoms with E-state index in [0.717, 1.165) is 22.4 Å². The Morgan fingerprint density at radius 3 is 2.54 bits per heavy atom. The first-order valence-electron chi connectivity index (χ1n) is 7.90. The lowest BCUT2D eigenvalue weighted by molar-refractivity contribution is 0.303. The molecule has 3 rings (SSSR count). The Bertz CT molecular complexity index is 816. The summed E-state index contributed by atoms with van der Waals surface area (Å²) in [6.07, 6.45) is 1.60. The third kappa shape index (κ3) is 3.43. The maximum absolute atomic E-state index is 10.0. The highest BCUT2D eigenvalue weighted by molar-refractivity contribution is 5.61. The van der Waals surface area contributed by atoms with E-state index < -0.39 is 0 Å². The summed E-state index contributed by atoms with van der Waals surface area (Å²) in [7, 11) is 0. The van der Waals surface area contributed by atoms with Gasteiger partial charge in [-0.15, -0.1) is 0 Å². The summed E-state index contributed by atoms with van der Waals surface area (Å²) in [5.41, 5.74) is 3.35. The Morgan fingerprint density at radius 1 is 1.08 bits per heavy atom. The third-order valence-corrected chi connectivity index (χ3v) is 3.86. The van der Waals surface area contributed by atoms with E-state index in [1.54, 1.807) is 18.4 Å². The van der Waals surface area contributed by atoms with E-state index in [2.05, 4.69) is 25.9 Å². The van der Waals surface area contributed by atoms with Crippen LogP contribution in [0, 0.1) is 0 Å². The van der Waals surface area contributed by atoms with E-state index in [1.807, 2.05) is 36.4 Å². The minimum atomic E-state index is -0.157. The minimum Gasteiger partial charge on any atom is -0.508 e. The van der Waals surface area contributed by atoms with Crippen molar-refractivity contribution in [2.45, 2.75) is 32.8 Å². The number of benzene rings is 2. The molecular weight excluding hydrogens is 302 g/mol. The monoisotopic (exact) mass is 323 g/mol. The predicted octanol–water partition coefficient (Wildman–Crippen LogP) is 4.92. The minimum absolute atomic E-state index is 0.157. The number of ether oxygens (including phenoxy) is 1. The van der Waals surface area contributed by atoms with Crippen LogP contribution in [0.3, 0.4) is 0 Å². The van der Waals surface area contributed by atoms with Crippen LogP contribution in [-0.4, -0.2) is 10.3 Å². The molecule has 0 radical (unpaired) electrons. The Hall–Kier alpha value is -2.75. The van der Waals surface area contributed by atoms with E-state index in [1.165, 1.54) is 0 Å². The highest BCUT2D eigenvalue weighted by Crippen LogP contribution is 2.34.